The number of alkyl halides is 3. The number of halogens is 4. The molecule has 0 amide bonds. The predicted molar refractivity (Wildman–Crippen MR) is 95.7 cm³/mol. The molecule has 1 saturated heterocycles. The van der Waals surface area contributed by atoms with Crippen molar-refractivity contribution in [3.05, 3.63) is 41.6 Å². The number of benzene rings is 1. The summed E-state index contributed by atoms with van der Waals surface area (Å²) in [5.74, 6) is 1.25. The maximum atomic E-state index is 12.7. The van der Waals surface area contributed by atoms with Gasteiger partial charge in [-0.15, -0.1) is 12.4 Å². The van der Waals surface area contributed by atoms with Gasteiger partial charge < -0.3 is 5.73 Å². The third kappa shape index (κ3) is 3.61. The lowest BCUT2D eigenvalue weighted by molar-refractivity contribution is -0.137. The van der Waals surface area contributed by atoms with E-state index in [1.807, 2.05) is 0 Å². The van der Waals surface area contributed by atoms with Crippen LogP contribution in [-0.4, -0.2) is 34.2 Å². The SMILES string of the molecule is Cl.NC1CCC2CN(Cc3cn[nH]c3-c3ccc(C(F)(F)F)cc3)CC12. The average molecular weight is 387 g/mol. The fourth-order valence-corrected chi connectivity index (χ4v) is 4.28. The Morgan fingerprint density at radius 1 is 1.15 bits per heavy atom. The molecule has 2 aliphatic rings. The smallest absolute Gasteiger partial charge is 0.327 e. The molecule has 3 atom stereocenters. The highest BCUT2D eigenvalue weighted by atomic mass is 35.5. The minimum Gasteiger partial charge on any atom is -0.327 e. The van der Waals surface area contributed by atoms with Gasteiger partial charge in [-0.2, -0.15) is 18.3 Å². The number of H-pyrrole nitrogens is 1. The molecule has 1 aromatic heterocycles. The third-order valence-corrected chi connectivity index (χ3v) is 5.60. The van der Waals surface area contributed by atoms with Crippen LogP contribution in [0, 0.1) is 11.8 Å². The second kappa shape index (κ2) is 7.21. The van der Waals surface area contributed by atoms with E-state index in [0.717, 1.165) is 55.0 Å². The number of hydrogen-bond donors (Lipinski definition) is 2. The fourth-order valence-electron chi connectivity index (χ4n) is 4.28. The quantitative estimate of drug-likeness (QED) is 0.845. The number of fused-ring (bicyclic) bond motifs is 1. The van der Waals surface area contributed by atoms with Crippen LogP contribution in [0.1, 0.15) is 24.0 Å². The van der Waals surface area contributed by atoms with E-state index in [0.29, 0.717) is 17.9 Å². The van der Waals surface area contributed by atoms with Crippen molar-refractivity contribution in [1.29, 1.82) is 0 Å². The third-order valence-electron chi connectivity index (χ3n) is 5.60. The molecular formula is C18H22ClF3N4. The van der Waals surface area contributed by atoms with Gasteiger partial charge in [0.2, 0.25) is 0 Å². The van der Waals surface area contributed by atoms with E-state index in [-0.39, 0.29) is 12.4 Å². The van der Waals surface area contributed by atoms with E-state index in [4.69, 9.17) is 5.73 Å². The van der Waals surface area contributed by atoms with Crippen molar-refractivity contribution in [3.63, 3.8) is 0 Å². The number of rotatable bonds is 3. The molecule has 0 bridgehead atoms. The summed E-state index contributed by atoms with van der Waals surface area (Å²) in [5.41, 5.74) is 8.06. The Morgan fingerprint density at radius 3 is 2.54 bits per heavy atom. The molecule has 4 nitrogen and oxygen atoms in total. The lowest BCUT2D eigenvalue weighted by atomic mass is 9.98. The highest BCUT2D eigenvalue weighted by molar-refractivity contribution is 5.85. The highest BCUT2D eigenvalue weighted by Gasteiger charge is 2.40. The maximum absolute atomic E-state index is 12.7. The number of nitrogens with two attached hydrogens (primary N) is 1. The minimum atomic E-state index is -4.32. The molecule has 142 valence electrons. The first-order chi connectivity index (χ1) is 11.9. The number of hydrogen-bond acceptors (Lipinski definition) is 3. The summed E-state index contributed by atoms with van der Waals surface area (Å²) in [6.45, 7) is 2.77. The van der Waals surface area contributed by atoms with Gasteiger partial charge in [-0.3, -0.25) is 10.00 Å². The van der Waals surface area contributed by atoms with Crippen LogP contribution in [0.3, 0.4) is 0 Å². The Labute approximate surface area is 156 Å². The summed E-state index contributed by atoms with van der Waals surface area (Å²) in [7, 11) is 0. The summed E-state index contributed by atoms with van der Waals surface area (Å²) in [4.78, 5) is 2.38. The van der Waals surface area contributed by atoms with E-state index < -0.39 is 11.7 Å². The van der Waals surface area contributed by atoms with Crippen molar-refractivity contribution < 1.29 is 13.2 Å². The number of nitrogens with zero attached hydrogens (tertiary/aromatic N) is 2. The molecule has 2 aromatic rings. The lowest BCUT2D eigenvalue weighted by Crippen LogP contribution is -2.30. The van der Waals surface area contributed by atoms with Gasteiger partial charge in [0.25, 0.3) is 0 Å². The van der Waals surface area contributed by atoms with Crippen LogP contribution >= 0.6 is 12.4 Å². The molecule has 0 spiro atoms. The van der Waals surface area contributed by atoms with Gasteiger partial charge in [0.05, 0.1) is 17.5 Å². The van der Waals surface area contributed by atoms with Gasteiger partial charge in [-0.05, 0) is 42.4 Å². The molecule has 2 heterocycles. The summed E-state index contributed by atoms with van der Waals surface area (Å²) >= 11 is 0. The Bertz CT molecular complexity index is 744. The number of nitrogens with one attached hydrogen (secondary N) is 1. The van der Waals surface area contributed by atoms with Crippen LogP contribution < -0.4 is 5.73 Å². The zero-order valence-corrected chi connectivity index (χ0v) is 15.0. The Morgan fingerprint density at radius 2 is 1.88 bits per heavy atom. The molecular weight excluding hydrogens is 365 g/mol. The standard InChI is InChI=1S/C18H21F3N4.ClH/c19-18(20,21)14-4-1-11(2-5-14)17-13(7-23-24-17)9-25-8-12-3-6-16(22)15(12)10-25;/h1-2,4-5,7,12,15-16H,3,6,8-10,22H2,(H,23,24);1H. The average Bonchev–Trinajstić information content (AvgIpc) is 3.26. The fraction of sp³-hybridized carbons (Fsp3) is 0.500. The summed E-state index contributed by atoms with van der Waals surface area (Å²) in [6, 6.07) is 5.51. The minimum absolute atomic E-state index is 0. The first kappa shape index (κ1) is 19.2. The van der Waals surface area contributed by atoms with Gasteiger partial charge >= 0.3 is 6.18 Å². The molecule has 3 unspecified atom stereocenters. The monoisotopic (exact) mass is 386 g/mol. The Balaban J connectivity index is 0.00000196. The van der Waals surface area contributed by atoms with E-state index in [1.54, 1.807) is 6.20 Å². The second-order valence-corrected chi connectivity index (χ2v) is 7.20. The summed E-state index contributed by atoms with van der Waals surface area (Å²) < 4.78 is 38.2. The summed E-state index contributed by atoms with van der Waals surface area (Å²) in [5, 5.41) is 7.03. The van der Waals surface area contributed by atoms with E-state index in [1.165, 1.54) is 18.6 Å². The molecule has 1 saturated carbocycles. The Hall–Kier alpha value is -1.57. The van der Waals surface area contributed by atoms with Crippen molar-refractivity contribution in [2.45, 2.75) is 31.6 Å². The molecule has 3 N–H and O–H groups in total. The van der Waals surface area contributed by atoms with Gasteiger partial charge in [0.1, 0.15) is 0 Å². The molecule has 1 aromatic carbocycles. The van der Waals surface area contributed by atoms with Crippen LogP contribution in [0.25, 0.3) is 11.3 Å². The second-order valence-electron chi connectivity index (χ2n) is 7.20. The summed E-state index contributed by atoms with van der Waals surface area (Å²) in [6.07, 6.45) is -0.242. The first-order valence-electron chi connectivity index (χ1n) is 8.59. The van der Waals surface area contributed by atoms with Crippen LogP contribution in [0.5, 0.6) is 0 Å². The van der Waals surface area contributed by atoms with Crippen LogP contribution in [0.15, 0.2) is 30.5 Å². The molecule has 26 heavy (non-hydrogen) atoms. The molecule has 1 aliphatic heterocycles. The predicted octanol–water partition coefficient (Wildman–Crippen LogP) is 3.69. The topological polar surface area (TPSA) is 57.9 Å². The van der Waals surface area contributed by atoms with Crippen LogP contribution in [0.4, 0.5) is 13.2 Å². The lowest BCUT2D eigenvalue weighted by Gasteiger charge is -2.18. The van der Waals surface area contributed by atoms with Gasteiger partial charge in [0.15, 0.2) is 0 Å². The van der Waals surface area contributed by atoms with Crippen molar-refractivity contribution in [2.24, 2.45) is 17.6 Å². The van der Waals surface area contributed by atoms with Gasteiger partial charge in [-0.25, -0.2) is 0 Å². The largest absolute Gasteiger partial charge is 0.416 e. The van der Waals surface area contributed by atoms with Crippen molar-refractivity contribution >= 4 is 12.4 Å². The molecule has 2 fully saturated rings. The number of likely N-dealkylation sites (tertiary alicyclic amines) is 1. The number of aromatic nitrogens is 2. The van der Waals surface area contributed by atoms with E-state index in [2.05, 4.69) is 15.1 Å². The van der Waals surface area contributed by atoms with Crippen molar-refractivity contribution in [3.8, 4) is 11.3 Å². The molecule has 8 heteroatoms. The Kier molecular flexibility index (Phi) is 5.33. The van der Waals surface area contributed by atoms with Crippen LogP contribution in [0.2, 0.25) is 0 Å². The van der Waals surface area contributed by atoms with E-state index >= 15 is 0 Å². The van der Waals surface area contributed by atoms with Gasteiger partial charge in [0, 0.05) is 31.2 Å². The maximum Gasteiger partial charge on any atom is 0.416 e. The zero-order chi connectivity index (χ0) is 17.6. The zero-order valence-electron chi connectivity index (χ0n) is 14.2. The van der Waals surface area contributed by atoms with E-state index in [9.17, 15) is 13.2 Å². The van der Waals surface area contributed by atoms with Crippen molar-refractivity contribution in [2.75, 3.05) is 13.1 Å². The normalized spacial score (nSPS) is 25.9. The molecule has 1 aliphatic carbocycles. The van der Waals surface area contributed by atoms with Crippen molar-refractivity contribution in [1.82, 2.24) is 15.1 Å². The highest BCUT2D eigenvalue weighted by Crippen LogP contribution is 2.38. The molecule has 0 radical (unpaired) electrons. The van der Waals surface area contributed by atoms with Gasteiger partial charge in [-0.1, -0.05) is 12.1 Å². The first-order valence-corrected chi connectivity index (χ1v) is 8.59. The molecule has 4 rings (SSSR count). The number of aromatic amines is 1. The van der Waals surface area contributed by atoms with Crippen LogP contribution in [-0.2, 0) is 12.7 Å².